The number of rotatable bonds is 10. The van der Waals surface area contributed by atoms with Gasteiger partial charge in [-0.3, -0.25) is 14.2 Å². The molecule has 8 nitrogen and oxygen atoms in total. The van der Waals surface area contributed by atoms with Gasteiger partial charge in [-0.2, -0.15) is 4.98 Å². The van der Waals surface area contributed by atoms with Crippen molar-refractivity contribution in [1.82, 2.24) is 14.9 Å². The van der Waals surface area contributed by atoms with E-state index in [4.69, 9.17) is 9.47 Å². The standard InChI is InChI=1S/C26H31N3O5/c1-5-7-11-22-28-25(31)19(16-17-12-14-18(15-13-17)24(30)27-6-2)26(32)29(22)23-20(33-3)9-8-10-21(23)34-4/h8-10,12-15,31H,5-7,11,16H2,1-4H3,(H,27,30). The van der Waals surface area contributed by atoms with Gasteiger partial charge < -0.3 is 19.9 Å². The van der Waals surface area contributed by atoms with Crippen LogP contribution in [0.25, 0.3) is 5.69 Å². The van der Waals surface area contributed by atoms with Gasteiger partial charge in [0.1, 0.15) is 23.0 Å². The SMILES string of the molecule is CCCCc1nc(O)c(Cc2ccc(C(=O)NCC)cc2)c(=O)n1-c1c(OC)cccc1OC. The zero-order chi connectivity index (χ0) is 24.7. The summed E-state index contributed by atoms with van der Waals surface area (Å²) in [4.78, 5) is 30.2. The number of aromatic nitrogens is 2. The zero-order valence-electron chi connectivity index (χ0n) is 20.1. The van der Waals surface area contributed by atoms with Gasteiger partial charge >= 0.3 is 0 Å². The van der Waals surface area contributed by atoms with Gasteiger partial charge in [0, 0.05) is 24.9 Å². The van der Waals surface area contributed by atoms with Gasteiger partial charge in [0.05, 0.1) is 19.8 Å². The predicted molar refractivity (Wildman–Crippen MR) is 130 cm³/mol. The van der Waals surface area contributed by atoms with Crippen molar-refractivity contribution in [2.45, 2.75) is 39.5 Å². The lowest BCUT2D eigenvalue weighted by molar-refractivity contribution is 0.0956. The van der Waals surface area contributed by atoms with E-state index in [1.54, 1.807) is 42.5 Å². The molecule has 0 aliphatic heterocycles. The molecule has 0 spiro atoms. The van der Waals surface area contributed by atoms with E-state index in [2.05, 4.69) is 10.3 Å². The van der Waals surface area contributed by atoms with Crippen LogP contribution in [0.2, 0.25) is 0 Å². The highest BCUT2D eigenvalue weighted by molar-refractivity contribution is 5.94. The monoisotopic (exact) mass is 465 g/mol. The van der Waals surface area contributed by atoms with Crippen molar-refractivity contribution in [2.75, 3.05) is 20.8 Å². The third kappa shape index (κ3) is 5.22. The maximum Gasteiger partial charge on any atom is 0.265 e. The van der Waals surface area contributed by atoms with E-state index >= 15 is 0 Å². The molecule has 1 amide bonds. The summed E-state index contributed by atoms with van der Waals surface area (Å²) in [7, 11) is 3.06. The van der Waals surface area contributed by atoms with E-state index in [1.165, 1.54) is 18.8 Å². The average molecular weight is 466 g/mol. The Hall–Kier alpha value is -3.81. The summed E-state index contributed by atoms with van der Waals surface area (Å²) in [5.41, 5.74) is 1.50. The summed E-state index contributed by atoms with van der Waals surface area (Å²) >= 11 is 0. The summed E-state index contributed by atoms with van der Waals surface area (Å²) in [5, 5.41) is 13.5. The molecule has 1 heterocycles. The minimum Gasteiger partial charge on any atom is -0.494 e. The molecule has 2 aromatic carbocycles. The van der Waals surface area contributed by atoms with E-state index < -0.39 is 5.56 Å². The number of benzene rings is 2. The number of carbonyl (C=O) groups excluding carboxylic acids is 1. The topological polar surface area (TPSA) is 103 Å². The molecule has 2 N–H and O–H groups in total. The molecule has 3 aromatic rings. The molecule has 0 radical (unpaired) electrons. The molecule has 0 unspecified atom stereocenters. The summed E-state index contributed by atoms with van der Waals surface area (Å²) in [6.45, 7) is 4.44. The molecular formula is C26H31N3O5. The number of nitrogens with one attached hydrogen (secondary N) is 1. The van der Waals surface area contributed by atoms with Crippen LogP contribution in [-0.4, -0.2) is 41.3 Å². The molecular weight excluding hydrogens is 434 g/mol. The summed E-state index contributed by atoms with van der Waals surface area (Å²) < 4.78 is 12.5. The second-order valence-electron chi connectivity index (χ2n) is 7.82. The highest BCUT2D eigenvalue weighted by Crippen LogP contribution is 2.33. The lowest BCUT2D eigenvalue weighted by Gasteiger charge is -2.19. The molecule has 34 heavy (non-hydrogen) atoms. The highest BCUT2D eigenvalue weighted by Gasteiger charge is 2.22. The van der Waals surface area contributed by atoms with Gasteiger partial charge in [0.15, 0.2) is 0 Å². The zero-order valence-corrected chi connectivity index (χ0v) is 20.1. The van der Waals surface area contributed by atoms with Crippen LogP contribution in [0.15, 0.2) is 47.3 Å². The largest absolute Gasteiger partial charge is 0.494 e. The van der Waals surface area contributed by atoms with Crippen LogP contribution in [-0.2, 0) is 12.8 Å². The van der Waals surface area contributed by atoms with Gasteiger partial charge in [0.2, 0.25) is 5.88 Å². The summed E-state index contributed by atoms with van der Waals surface area (Å²) in [6, 6.07) is 12.2. The van der Waals surface area contributed by atoms with Crippen molar-refractivity contribution < 1.29 is 19.4 Å². The number of aromatic hydroxyl groups is 1. The first-order valence-electron chi connectivity index (χ1n) is 11.4. The van der Waals surface area contributed by atoms with Crippen LogP contribution in [0, 0.1) is 0 Å². The normalized spacial score (nSPS) is 10.7. The minimum absolute atomic E-state index is 0.152. The lowest BCUT2D eigenvalue weighted by atomic mass is 10.0. The number of unbranched alkanes of at least 4 members (excludes halogenated alkanes) is 1. The molecule has 0 atom stereocenters. The number of nitrogens with zero attached hydrogens (tertiary/aromatic N) is 2. The molecule has 0 aliphatic rings. The minimum atomic E-state index is -0.394. The van der Waals surface area contributed by atoms with E-state index in [9.17, 15) is 14.7 Å². The maximum absolute atomic E-state index is 13.8. The van der Waals surface area contributed by atoms with Crippen LogP contribution in [0.3, 0.4) is 0 Å². The Morgan fingerprint density at radius 3 is 2.26 bits per heavy atom. The van der Waals surface area contributed by atoms with Crippen LogP contribution in [0.5, 0.6) is 17.4 Å². The molecule has 0 fully saturated rings. The molecule has 1 aromatic heterocycles. The number of amides is 1. The van der Waals surface area contributed by atoms with Gasteiger partial charge in [-0.05, 0) is 43.2 Å². The summed E-state index contributed by atoms with van der Waals surface area (Å²) in [6.07, 6.45) is 2.35. The Bertz CT molecular complexity index is 1180. The van der Waals surface area contributed by atoms with Crippen molar-refractivity contribution in [2.24, 2.45) is 0 Å². The Kier molecular flexibility index (Phi) is 8.29. The van der Waals surface area contributed by atoms with Crippen LogP contribution < -0.4 is 20.3 Å². The molecule has 180 valence electrons. The number of carbonyl (C=O) groups is 1. The van der Waals surface area contributed by atoms with Crippen molar-refractivity contribution in [3.05, 3.63) is 75.3 Å². The Morgan fingerprint density at radius 1 is 1.06 bits per heavy atom. The fourth-order valence-corrected chi connectivity index (χ4v) is 3.77. The number of para-hydroxylation sites is 1. The maximum atomic E-state index is 13.8. The lowest BCUT2D eigenvalue weighted by Crippen LogP contribution is -2.28. The van der Waals surface area contributed by atoms with Crippen molar-refractivity contribution >= 4 is 5.91 Å². The second-order valence-corrected chi connectivity index (χ2v) is 7.82. The van der Waals surface area contributed by atoms with Crippen LogP contribution >= 0.6 is 0 Å². The molecule has 3 rings (SSSR count). The van der Waals surface area contributed by atoms with E-state index in [0.717, 1.165) is 18.4 Å². The van der Waals surface area contributed by atoms with Gasteiger partial charge in [-0.1, -0.05) is 31.5 Å². The van der Waals surface area contributed by atoms with Crippen LogP contribution in [0.1, 0.15) is 54.0 Å². The Labute approximate surface area is 199 Å². The number of ether oxygens (including phenoxy) is 2. The molecule has 0 bridgehead atoms. The highest BCUT2D eigenvalue weighted by atomic mass is 16.5. The first-order chi connectivity index (χ1) is 16.4. The van der Waals surface area contributed by atoms with E-state index in [0.29, 0.717) is 41.5 Å². The predicted octanol–water partition coefficient (Wildman–Crippen LogP) is 3.64. The third-order valence-electron chi connectivity index (χ3n) is 5.54. The van der Waals surface area contributed by atoms with Crippen molar-refractivity contribution in [3.8, 4) is 23.1 Å². The van der Waals surface area contributed by atoms with Gasteiger partial charge in [-0.25, -0.2) is 0 Å². The quantitative estimate of drug-likeness (QED) is 0.474. The molecule has 0 aliphatic carbocycles. The second kappa shape index (κ2) is 11.4. The van der Waals surface area contributed by atoms with Crippen molar-refractivity contribution in [3.63, 3.8) is 0 Å². The van der Waals surface area contributed by atoms with Gasteiger partial charge in [0.25, 0.3) is 11.5 Å². The first kappa shape index (κ1) is 24.8. The van der Waals surface area contributed by atoms with E-state index in [-0.39, 0.29) is 23.8 Å². The van der Waals surface area contributed by atoms with E-state index in [1.807, 2.05) is 13.8 Å². The Balaban J connectivity index is 2.13. The Morgan fingerprint density at radius 2 is 1.71 bits per heavy atom. The molecule has 8 heteroatoms. The van der Waals surface area contributed by atoms with Crippen LogP contribution in [0.4, 0.5) is 0 Å². The number of hydrogen-bond acceptors (Lipinski definition) is 6. The fraction of sp³-hybridized carbons (Fsp3) is 0.346. The number of hydrogen-bond donors (Lipinski definition) is 2. The first-order valence-corrected chi connectivity index (χ1v) is 11.4. The van der Waals surface area contributed by atoms with Crippen molar-refractivity contribution in [1.29, 1.82) is 0 Å². The third-order valence-corrected chi connectivity index (χ3v) is 5.54. The summed E-state index contributed by atoms with van der Waals surface area (Å²) in [5.74, 6) is 0.897. The average Bonchev–Trinajstić information content (AvgIpc) is 2.85. The number of methoxy groups -OCH3 is 2. The molecule has 0 saturated carbocycles. The van der Waals surface area contributed by atoms with Gasteiger partial charge in [-0.15, -0.1) is 0 Å². The fourth-order valence-electron chi connectivity index (χ4n) is 3.77. The molecule has 0 saturated heterocycles. The number of aryl methyl sites for hydroxylation is 1. The smallest absolute Gasteiger partial charge is 0.265 e.